The van der Waals surface area contributed by atoms with Gasteiger partial charge in [-0.05, 0) is 41.0 Å². The normalized spacial score (nSPS) is 18.2. The van der Waals surface area contributed by atoms with E-state index in [1.165, 1.54) is 11.1 Å². The lowest BCUT2D eigenvalue weighted by molar-refractivity contribution is -0.145. The molecule has 0 saturated carbocycles. The number of nitrogens with one attached hydrogen (secondary N) is 1. The number of nitrogens with zero attached hydrogens (tertiary/aromatic N) is 1. The lowest BCUT2D eigenvalue weighted by atomic mass is 9.97. The lowest BCUT2D eigenvalue weighted by Gasteiger charge is -2.31. The Morgan fingerprint density at radius 3 is 2.36 bits per heavy atom. The van der Waals surface area contributed by atoms with Crippen molar-refractivity contribution in [3.05, 3.63) is 59.7 Å². The molecule has 174 valence electrons. The van der Waals surface area contributed by atoms with Gasteiger partial charge in [0.2, 0.25) is 5.91 Å². The highest BCUT2D eigenvalue weighted by Gasteiger charge is 2.30. The molecule has 0 bridgehead atoms. The number of ether oxygens (including phenoxy) is 1. The van der Waals surface area contributed by atoms with Gasteiger partial charge in [0.1, 0.15) is 6.61 Å². The summed E-state index contributed by atoms with van der Waals surface area (Å²) in [6.07, 6.45) is 1.07. The summed E-state index contributed by atoms with van der Waals surface area (Å²) in [6.45, 7) is 3.31. The van der Waals surface area contributed by atoms with Crippen LogP contribution in [0.3, 0.4) is 0 Å². The Morgan fingerprint density at radius 1 is 1.09 bits per heavy atom. The molecule has 1 aliphatic carbocycles. The first-order chi connectivity index (χ1) is 15.9. The number of carbonyl (C=O) groups is 3. The van der Waals surface area contributed by atoms with Gasteiger partial charge < -0.3 is 20.1 Å². The number of fused-ring (bicyclic) bond motifs is 3. The van der Waals surface area contributed by atoms with Gasteiger partial charge in [-0.2, -0.15) is 0 Å². The average molecular weight is 451 g/mol. The standard InChI is InChI=1S/C26H30N2O5/c1-17(13-24(29)28-12-6-7-18(15-28)25(30)31)14-27-26(32)33-16-23-21-10-4-2-8-19(21)20-9-3-5-11-22(20)23/h2-5,8-11,17-18,23H,6-7,12-16H2,1H3,(H,27,32)(H,30,31)/t17?,18-/m0/s1. The van der Waals surface area contributed by atoms with E-state index in [9.17, 15) is 19.5 Å². The molecule has 1 heterocycles. The molecular formula is C26H30N2O5. The van der Waals surface area contributed by atoms with Crippen LogP contribution in [0, 0.1) is 11.8 Å². The molecule has 0 spiro atoms. The minimum Gasteiger partial charge on any atom is -0.481 e. The summed E-state index contributed by atoms with van der Waals surface area (Å²) < 4.78 is 5.54. The maximum atomic E-state index is 12.5. The molecule has 2 amide bonds. The van der Waals surface area contributed by atoms with Gasteiger partial charge in [-0.25, -0.2) is 4.79 Å². The second-order valence-corrected chi connectivity index (χ2v) is 9.03. The van der Waals surface area contributed by atoms with E-state index in [0.29, 0.717) is 25.9 Å². The van der Waals surface area contributed by atoms with Crippen molar-refractivity contribution >= 4 is 18.0 Å². The quantitative estimate of drug-likeness (QED) is 0.668. The summed E-state index contributed by atoms with van der Waals surface area (Å²) in [4.78, 5) is 37.7. The zero-order valence-corrected chi connectivity index (χ0v) is 18.8. The predicted molar refractivity (Wildman–Crippen MR) is 124 cm³/mol. The van der Waals surface area contributed by atoms with Crippen LogP contribution in [-0.4, -0.2) is 54.2 Å². The van der Waals surface area contributed by atoms with Crippen LogP contribution < -0.4 is 5.32 Å². The van der Waals surface area contributed by atoms with Crippen LogP contribution in [0.15, 0.2) is 48.5 Å². The zero-order chi connectivity index (χ0) is 23.4. The maximum absolute atomic E-state index is 12.5. The summed E-state index contributed by atoms with van der Waals surface area (Å²) in [7, 11) is 0. The Bertz CT molecular complexity index is 991. The minimum absolute atomic E-state index is 0.00318. The third kappa shape index (κ3) is 5.18. The second-order valence-electron chi connectivity index (χ2n) is 9.03. The Balaban J connectivity index is 1.25. The first-order valence-corrected chi connectivity index (χ1v) is 11.5. The summed E-state index contributed by atoms with van der Waals surface area (Å²) in [5, 5.41) is 12.0. The molecule has 1 saturated heterocycles. The van der Waals surface area contributed by atoms with E-state index in [-0.39, 0.29) is 37.3 Å². The van der Waals surface area contributed by atoms with Gasteiger partial charge in [-0.3, -0.25) is 9.59 Å². The van der Waals surface area contributed by atoms with Crippen molar-refractivity contribution in [2.24, 2.45) is 11.8 Å². The van der Waals surface area contributed by atoms with Crippen LogP contribution in [0.2, 0.25) is 0 Å². The molecule has 7 nitrogen and oxygen atoms in total. The Hall–Kier alpha value is -3.35. The van der Waals surface area contributed by atoms with E-state index in [1.807, 2.05) is 31.2 Å². The first-order valence-electron chi connectivity index (χ1n) is 11.5. The number of benzene rings is 2. The number of likely N-dealkylation sites (tertiary alicyclic amines) is 1. The average Bonchev–Trinajstić information content (AvgIpc) is 3.15. The highest BCUT2D eigenvalue weighted by atomic mass is 16.5. The molecule has 0 radical (unpaired) electrons. The smallest absolute Gasteiger partial charge is 0.407 e. The number of piperidine rings is 1. The minimum atomic E-state index is -0.850. The Labute approximate surface area is 193 Å². The number of amides is 2. The predicted octanol–water partition coefficient (Wildman–Crippen LogP) is 3.87. The highest BCUT2D eigenvalue weighted by molar-refractivity contribution is 5.79. The zero-order valence-electron chi connectivity index (χ0n) is 18.8. The number of hydrogen-bond donors (Lipinski definition) is 2. The van der Waals surface area contributed by atoms with Crippen molar-refractivity contribution in [1.29, 1.82) is 0 Å². The van der Waals surface area contributed by atoms with Gasteiger partial charge in [0.25, 0.3) is 0 Å². The van der Waals surface area contributed by atoms with Gasteiger partial charge in [0.05, 0.1) is 5.92 Å². The fourth-order valence-corrected chi connectivity index (χ4v) is 4.81. The van der Waals surface area contributed by atoms with E-state index >= 15 is 0 Å². The van der Waals surface area contributed by atoms with Crippen molar-refractivity contribution in [1.82, 2.24) is 10.2 Å². The molecule has 2 N–H and O–H groups in total. The van der Waals surface area contributed by atoms with Crippen molar-refractivity contribution in [2.45, 2.75) is 32.1 Å². The molecule has 1 fully saturated rings. The van der Waals surface area contributed by atoms with E-state index in [0.717, 1.165) is 11.1 Å². The van der Waals surface area contributed by atoms with Gasteiger partial charge in [-0.15, -0.1) is 0 Å². The summed E-state index contributed by atoms with van der Waals surface area (Å²) in [5.74, 6) is -1.48. The first kappa shape index (κ1) is 22.8. The van der Waals surface area contributed by atoms with Crippen molar-refractivity contribution in [3.63, 3.8) is 0 Å². The van der Waals surface area contributed by atoms with Crippen LogP contribution in [0.1, 0.15) is 43.2 Å². The molecule has 1 aliphatic heterocycles. The van der Waals surface area contributed by atoms with Crippen molar-refractivity contribution in [2.75, 3.05) is 26.2 Å². The second kappa shape index (κ2) is 10.1. The summed E-state index contributed by atoms with van der Waals surface area (Å²) in [6, 6.07) is 16.4. The topological polar surface area (TPSA) is 95.9 Å². The van der Waals surface area contributed by atoms with Crippen LogP contribution in [0.4, 0.5) is 4.79 Å². The Morgan fingerprint density at radius 2 is 1.73 bits per heavy atom. The number of carboxylic acid groups (broad SMARTS) is 1. The highest BCUT2D eigenvalue weighted by Crippen LogP contribution is 2.44. The lowest BCUT2D eigenvalue weighted by Crippen LogP contribution is -2.43. The number of aliphatic carboxylic acids is 1. The molecule has 33 heavy (non-hydrogen) atoms. The van der Waals surface area contributed by atoms with Crippen LogP contribution in [0.5, 0.6) is 0 Å². The number of carbonyl (C=O) groups excluding carboxylic acids is 2. The van der Waals surface area contributed by atoms with E-state index in [2.05, 4.69) is 29.6 Å². The van der Waals surface area contributed by atoms with Gasteiger partial charge in [0, 0.05) is 32.0 Å². The maximum Gasteiger partial charge on any atom is 0.407 e. The summed E-state index contributed by atoms with van der Waals surface area (Å²) >= 11 is 0. The molecule has 2 atom stereocenters. The molecular weight excluding hydrogens is 420 g/mol. The fraction of sp³-hybridized carbons (Fsp3) is 0.423. The van der Waals surface area contributed by atoms with Crippen molar-refractivity contribution in [3.8, 4) is 11.1 Å². The van der Waals surface area contributed by atoms with Crippen LogP contribution in [-0.2, 0) is 14.3 Å². The molecule has 2 aliphatic rings. The van der Waals surface area contributed by atoms with Crippen molar-refractivity contribution < 1.29 is 24.2 Å². The van der Waals surface area contributed by atoms with Gasteiger partial charge in [0.15, 0.2) is 0 Å². The summed E-state index contributed by atoms with van der Waals surface area (Å²) in [5.41, 5.74) is 4.67. The van der Waals surface area contributed by atoms with E-state index in [4.69, 9.17) is 4.74 Å². The number of carboxylic acids is 1. The van der Waals surface area contributed by atoms with E-state index in [1.54, 1.807) is 4.90 Å². The number of rotatable bonds is 7. The van der Waals surface area contributed by atoms with Crippen LogP contribution in [0.25, 0.3) is 11.1 Å². The number of hydrogen-bond acceptors (Lipinski definition) is 4. The molecule has 2 aromatic rings. The number of alkyl carbamates (subject to hydrolysis) is 1. The molecule has 7 heteroatoms. The molecule has 4 rings (SSSR count). The van der Waals surface area contributed by atoms with Gasteiger partial charge >= 0.3 is 12.1 Å². The van der Waals surface area contributed by atoms with E-state index < -0.39 is 18.0 Å². The SMILES string of the molecule is CC(CNC(=O)OCC1c2ccccc2-c2ccccc21)CC(=O)N1CCC[C@H](C(=O)O)C1. The molecule has 0 aromatic heterocycles. The van der Waals surface area contributed by atoms with Gasteiger partial charge in [-0.1, -0.05) is 55.5 Å². The van der Waals surface area contributed by atoms with Crippen LogP contribution >= 0.6 is 0 Å². The third-order valence-corrected chi connectivity index (χ3v) is 6.58. The molecule has 2 aromatic carbocycles. The fourth-order valence-electron chi connectivity index (χ4n) is 4.81. The monoisotopic (exact) mass is 450 g/mol. The molecule has 1 unspecified atom stereocenters. The third-order valence-electron chi connectivity index (χ3n) is 6.58. The largest absolute Gasteiger partial charge is 0.481 e. The Kier molecular flexibility index (Phi) is 6.96.